The molecule has 1 fully saturated rings. The van der Waals surface area contributed by atoms with E-state index in [2.05, 4.69) is 22.1 Å². The number of methoxy groups -OCH3 is 1. The molecule has 7 nitrogen and oxygen atoms in total. The Morgan fingerprint density at radius 3 is 2.44 bits per heavy atom. The SMILES string of the molecule is COc1ccc(CN2C(=O)C3(CCC3)c3cc(-c4ccnn4-c4ccccc4)cc(OCCN(C)C)c32)cc1. The molecule has 3 aromatic carbocycles. The average molecular weight is 523 g/mol. The Kier molecular flexibility index (Phi) is 6.61. The van der Waals surface area contributed by atoms with Gasteiger partial charge in [0, 0.05) is 12.1 Å². The first-order valence-corrected chi connectivity index (χ1v) is 13.5. The second-order valence-corrected chi connectivity index (χ2v) is 10.7. The van der Waals surface area contributed by atoms with Gasteiger partial charge in [0.25, 0.3) is 0 Å². The van der Waals surface area contributed by atoms with Crippen molar-refractivity contribution in [2.75, 3.05) is 39.3 Å². The highest BCUT2D eigenvalue weighted by Gasteiger charge is 2.55. The van der Waals surface area contributed by atoms with Crippen molar-refractivity contribution in [3.63, 3.8) is 0 Å². The Balaban J connectivity index is 1.47. The van der Waals surface area contributed by atoms with Gasteiger partial charge < -0.3 is 19.3 Å². The smallest absolute Gasteiger partial charge is 0.238 e. The molecule has 200 valence electrons. The van der Waals surface area contributed by atoms with Crippen LogP contribution in [0.1, 0.15) is 30.4 Å². The van der Waals surface area contributed by atoms with E-state index in [-0.39, 0.29) is 5.91 Å². The molecule has 0 bridgehead atoms. The van der Waals surface area contributed by atoms with Crippen molar-refractivity contribution in [2.45, 2.75) is 31.2 Å². The molecule has 1 aromatic heterocycles. The molecule has 2 heterocycles. The fourth-order valence-corrected chi connectivity index (χ4v) is 5.70. The van der Waals surface area contributed by atoms with Crippen LogP contribution in [0.15, 0.2) is 79.0 Å². The number of amides is 1. The molecule has 1 saturated carbocycles. The lowest BCUT2D eigenvalue weighted by Crippen LogP contribution is -2.44. The number of anilines is 1. The summed E-state index contributed by atoms with van der Waals surface area (Å²) in [6, 6.07) is 24.4. The summed E-state index contributed by atoms with van der Waals surface area (Å²) in [5.74, 6) is 1.72. The number of fused-ring (bicyclic) bond motifs is 2. The largest absolute Gasteiger partial charge is 0.497 e. The standard InChI is InChI=1S/C32H34N4O3/c1-34(2)18-19-39-29-21-24(28-14-17-33-36(28)25-8-5-4-6-9-25)20-27-30(29)35(31(37)32(27)15-7-16-32)22-23-10-12-26(38-3)13-11-23/h4-6,8-14,17,20-21H,7,15-16,18-19,22H2,1-3H3. The van der Waals surface area contributed by atoms with Crippen LogP contribution >= 0.6 is 0 Å². The van der Waals surface area contributed by atoms with Gasteiger partial charge in [0.1, 0.15) is 18.1 Å². The van der Waals surface area contributed by atoms with Gasteiger partial charge in [0.15, 0.2) is 0 Å². The van der Waals surface area contributed by atoms with Crippen LogP contribution in [0.25, 0.3) is 16.9 Å². The third kappa shape index (κ3) is 4.46. The number of carbonyl (C=O) groups is 1. The van der Waals surface area contributed by atoms with Gasteiger partial charge >= 0.3 is 0 Å². The predicted octanol–water partition coefficient (Wildman–Crippen LogP) is 5.46. The van der Waals surface area contributed by atoms with Crippen LogP contribution in [-0.4, -0.2) is 54.9 Å². The molecule has 39 heavy (non-hydrogen) atoms. The highest BCUT2D eigenvalue weighted by Crippen LogP contribution is 2.57. The summed E-state index contributed by atoms with van der Waals surface area (Å²) in [7, 11) is 5.73. The summed E-state index contributed by atoms with van der Waals surface area (Å²) in [4.78, 5) is 18.2. The van der Waals surface area contributed by atoms with Crippen molar-refractivity contribution in [1.82, 2.24) is 14.7 Å². The van der Waals surface area contributed by atoms with E-state index in [0.717, 1.165) is 71.1 Å². The zero-order chi connectivity index (χ0) is 27.0. The van der Waals surface area contributed by atoms with Crippen molar-refractivity contribution < 1.29 is 14.3 Å². The fourth-order valence-electron chi connectivity index (χ4n) is 5.70. The number of benzene rings is 3. The van der Waals surface area contributed by atoms with Crippen LogP contribution in [0.5, 0.6) is 11.5 Å². The number of hydrogen-bond acceptors (Lipinski definition) is 5. The van der Waals surface area contributed by atoms with E-state index in [1.807, 2.05) is 90.5 Å². The first-order valence-electron chi connectivity index (χ1n) is 13.5. The van der Waals surface area contributed by atoms with Crippen molar-refractivity contribution in [2.24, 2.45) is 0 Å². The van der Waals surface area contributed by atoms with E-state index in [0.29, 0.717) is 13.2 Å². The molecular formula is C32H34N4O3. The molecule has 4 aromatic rings. The molecule has 1 aliphatic carbocycles. The molecule has 0 radical (unpaired) electrons. The highest BCUT2D eigenvalue weighted by molar-refractivity contribution is 6.10. The number of hydrogen-bond donors (Lipinski definition) is 0. The van der Waals surface area contributed by atoms with Gasteiger partial charge in [0.2, 0.25) is 5.91 Å². The molecule has 0 unspecified atom stereocenters. The Hall–Kier alpha value is -4.10. The van der Waals surface area contributed by atoms with Gasteiger partial charge in [-0.05, 0) is 80.5 Å². The van der Waals surface area contributed by atoms with Crippen LogP contribution < -0.4 is 14.4 Å². The third-order valence-electron chi connectivity index (χ3n) is 7.96. The zero-order valence-corrected chi connectivity index (χ0v) is 22.8. The third-order valence-corrected chi connectivity index (χ3v) is 7.96. The van der Waals surface area contributed by atoms with Gasteiger partial charge in [-0.1, -0.05) is 36.8 Å². The maximum atomic E-state index is 14.1. The monoisotopic (exact) mass is 522 g/mol. The van der Waals surface area contributed by atoms with E-state index in [1.54, 1.807) is 7.11 Å². The minimum absolute atomic E-state index is 0.172. The normalized spacial score (nSPS) is 15.5. The first kappa shape index (κ1) is 25.2. The van der Waals surface area contributed by atoms with Gasteiger partial charge in [-0.15, -0.1) is 0 Å². The molecule has 6 rings (SSSR count). The lowest BCUT2D eigenvalue weighted by molar-refractivity contribution is -0.126. The van der Waals surface area contributed by atoms with Crippen LogP contribution in [0, 0.1) is 0 Å². The number of para-hydroxylation sites is 1. The lowest BCUT2D eigenvalue weighted by atomic mass is 9.65. The number of likely N-dealkylation sites (N-methyl/N-ethyl adjacent to an activating group) is 1. The van der Waals surface area contributed by atoms with E-state index < -0.39 is 5.41 Å². The second-order valence-electron chi connectivity index (χ2n) is 10.7. The maximum absolute atomic E-state index is 14.1. The van der Waals surface area contributed by atoms with Gasteiger partial charge in [-0.25, -0.2) is 4.68 Å². The van der Waals surface area contributed by atoms with Gasteiger partial charge in [0.05, 0.1) is 42.3 Å². The van der Waals surface area contributed by atoms with Crippen molar-refractivity contribution in [1.29, 1.82) is 0 Å². The van der Waals surface area contributed by atoms with Crippen molar-refractivity contribution >= 4 is 11.6 Å². The number of rotatable bonds is 9. The van der Waals surface area contributed by atoms with Crippen molar-refractivity contribution in [3.8, 4) is 28.4 Å². The first-order chi connectivity index (χ1) is 19.0. The van der Waals surface area contributed by atoms with Crippen LogP contribution in [-0.2, 0) is 16.8 Å². The van der Waals surface area contributed by atoms with E-state index >= 15 is 0 Å². The van der Waals surface area contributed by atoms with E-state index in [9.17, 15) is 4.79 Å². The number of aromatic nitrogens is 2. The summed E-state index contributed by atoms with van der Waals surface area (Å²) in [5, 5.41) is 4.62. The summed E-state index contributed by atoms with van der Waals surface area (Å²) in [6.45, 7) is 1.79. The fraction of sp³-hybridized carbons (Fsp3) is 0.312. The molecular weight excluding hydrogens is 488 g/mol. The number of nitrogens with zero attached hydrogens (tertiary/aromatic N) is 4. The number of ether oxygens (including phenoxy) is 2. The van der Waals surface area contributed by atoms with Crippen LogP contribution in [0.3, 0.4) is 0 Å². The Bertz CT molecular complexity index is 1470. The molecule has 7 heteroatoms. The lowest BCUT2D eigenvalue weighted by Gasteiger charge is -2.37. The van der Waals surface area contributed by atoms with E-state index in [1.165, 1.54) is 0 Å². The second kappa shape index (κ2) is 10.2. The molecule has 1 amide bonds. The van der Waals surface area contributed by atoms with E-state index in [4.69, 9.17) is 9.47 Å². The average Bonchev–Trinajstić information content (AvgIpc) is 3.51. The minimum atomic E-state index is -0.491. The topological polar surface area (TPSA) is 59.8 Å². The summed E-state index contributed by atoms with van der Waals surface area (Å²) in [6.07, 6.45) is 4.58. The van der Waals surface area contributed by atoms with Crippen LogP contribution in [0.4, 0.5) is 5.69 Å². The number of carbonyl (C=O) groups excluding carboxylic acids is 1. The highest BCUT2D eigenvalue weighted by atomic mass is 16.5. The Morgan fingerprint density at radius 1 is 1.00 bits per heavy atom. The molecule has 0 saturated heterocycles. The quantitative estimate of drug-likeness (QED) is 0.292. The summed E-state index contributed by atoms with van der Waals surface area (Å²) < 4.78 is 13.8. The zero-order valence-electron chi connectivity index (χ0n) is 22.8. The predicted molar refractivity (Wildman–Crippen MR) is 153 cm³/mol. The Morgan fingerprint density at radius 2 is 1.77 bits per heavy atom. The molecule has 0 N–H and O–H groups in total. The van der Waals surface area contributed by atoms with Crippen LogP contribution in [0.2, 0.25) is 0 Å². The van der Waals surface area contributed by atoms with Gasteiger partial charge in [-0.3, -0.25) is 4.79 Å². The summed E-state index contributed by atoms with van der Waals surface area (Å²) >= 11 is 0. The van der Waals surface area contributed by atoms with Crippen molar-refractivity contribution in [3.05, 3.63) is 90.1 Å². The molecule has 1 aliphatic heterocycles. The van der Waals surface area contributed by atoms with Gasteiger partial charge in [-0.2, -0.15) is 5.10 Å². The minimum Gasteiger partial charge on any atom is -0.497 e. The maximum Gasteiger partial charge on any atom is 0.238 e. The summed E-state index contributed by atoms with van der Waals surface area (Å²) in [5.41, 5.74) is 5.50. The Labute approximate surface area is 229 Å². The molecule has 1 spiro atoms. The molecule has 2 aliphatic rings. The molecule has 0 atom stereocenters.